The summed E-state index contributed by atoms with van der Waals surface area (Å²) >= 11 is 0. The molecule has 1 aliphatic rings. The fourth-order valence-corrected chi connectivity index (χ4v) is 2.61. The van der Waals surface area contributed by atoms with E-state index in [0.717, 1.165) is 24.1 Å². The molecule has 0 atom stereocenters. The topological polar surface area (TPSA) is 28.2 Å². The maximum absolute atomic E-state index is 4.69. The molecule has 1 aromatic heterocycles. The highest BCUT2D eigenvalue weighted by Crippen LogP contribution is 2.26. The van der Waals surface area contributed by atoms with Gasteiger partial charge in [-0.2, -0.15) is 0 Å². The van der Waals surface area contributed by atoms with Crippen LogP contribution in [0.4, 0.5) is 11.5 Å². The second-order valence-electron chi connectivity index (χ2n) is 5.98. The van der Waals surface area contributed by atoms with E-state index in [9.17, 15) is 0 Å². The number of pyridine rings is 1. The predicted octanol–water partition coefficient (Wildman–Crippen LogP) is 3.72. The van der Waals surface area contributed by atoms with Crippen LogP contribution in [0.2, 0.25) is 0 Å². The largest absolute Gasteiger partial charge is 0.329 e. The minimum Gasteiger partial charge on any atom is -0.329 e. The van der Waals surface area contributed by atoms with Crippen molar-refractivity contribution in [2.75, 3.05) is 11.9 Å². The molecule has 0 unspecified atom stereocenters. The molecule has 3 nitrogen and oxygen atoms in total. The van der Waals surface area contributed by atoms with Crippen molar-refractivity contribution in [2.45, 2.75) is 39.3 Å². The molecule has 1 saturated carbocycles. The van der Waals surface area contributed by atoms with Crippen LogP contribution in [0.1, 0.15) is 29.7 Å². The molecule has 0 amide bonds. The Labute approximate surface area is 127 Å². The number of benzene rings is 1. The predicted molar refractivity (Wildman–Crippen MR) is 88.1 cm³/mol. The first kappa shape index (κ1) is 14.1. The smallest absolute Gasteiger partial charge is 0.133 e. The normalized spacial score (nSPS) is 14.2. The number of nitrogens with one attached hydrogen (secondary N) is 1. The van der Waals surface area contributed by atoms with Crippen LogP contribution in [-0.4, -0.2) is 18.1 Å². The molecule has 2 aromatic rings. The number of aryl methyl sites for hydroxylation is 2. The molecule has 1 fully saturated rings. The molecule has 21 heavy (non-hydrogen) atoms. The molecule has 1 N–H and O–H groups in total. The molecule has 0 spiro atoms. The first-order valence-electron chi connectivity index (χ1n) is 7.64. The Morgan fingerprint density at radius 1 is 1.19 bits per heavy atom. The van der Waals surface area contributed by atoms with Crippen molar-refractivity contribution in [1.82, 2.24) is 10.3 Å². The number of nitrogens with zero attached hydrogens (tertiary/aromatic N) is 2. The third-order valence-corrected chi connectivity index (χ3v) is 3.99. The Balaban J connectivity index is 1.84. The number of rotatable bonds is 5. The molecule has 0 saturated heterocycles. The van der Waals surface area contributed by atoms with Gasteiger partial charge in [0, 0.05) is 31.0 Å². The Kier molecular flexibility index (Phi) is 3.93. The van der Waals surface area contributed by atoms with E-state index < -0.39 is 0 Å². The highest BCUT2D eigenvalue weighted by atomic mass is 15.2. The highest BCUT2D eigenvalue weighted by Gasteiger charge is 2.20. The minimum absolute atomic E-state index is 0.732. The Morgan fingerprint density at radius 2 is 1.95 bits per heavy atom. The highest BCUT2D eigenvalue weighted by molar-refractivity contribution is 5.63. The summed E-state index contributed by atoms with van der Waals surface area (Å²) < 4.78 is 0. The van der Waals surface area contributed by atoms with Gasteiger partial charge in [0.15, 0.2) is 0 Å². The standard InChI is InChI=1S/C18H23N3/c1-13-6-4-5-7-17(13)21(3)18-11-15(10-14(2)20-18)12-19-16-8-9-16/h4-7,10-11,16,19H,8-9,12H2,1-3H3. The molecule has 0 aliphatic heterocycles. The Bertz CT molecular complexity index is 632. The van der Waals surface area contributed by atoms with Crippen LogP contribution >= 0.6 is 0 Å². The maximum atomic E-state index is 4.69. The number of anilines is 2. The average molecular weight is 281 g/mol. The Hall–Kier alpha value is -1.87. The lowest BCUT2D eigenvalue weighted by molar-refractivity contribution is 0.686. The van der Waals surface area contributed by atoms with Gasteiger partial charge in [-0.25, -0.2) is 4.98 Å². The van der Waals surface area contributed by atoms with Crippen LogP contribution in [-0.2, 0) is 6.54 Å². The number of hydrogen-bond donors (Lipinski definition) is 1. The van der Waals surface area contributed by atoms with Gasteiger partial charge in [-0.15, -0.1) is 0 Å². The van der Waals surface area contributed by atoms with Crippen LogP contribution in [0, 0.1) is 13.8 Å². The van der Waals surface area contributed by atoms with Gasteiger partial charge in [-0.3, -0.25) is 0 Å². The molecule has 1 aromatic carbocycles. The molecular weight excluding hydrogens is 258 g/mol. The van der Waals surface area contributed by atoms with E-state index in [1.807, 2.05) is 0 Å². The van der Waals surface area contributed by atoms with Gasteiger partial charge in [0.1, 0.15) is 5.82 Å². The SMILES string of the molecule is Cc1cc(CNC2CC2)cc(N(C)c2ccccc2C)n1. The van der Waals surface area contributed by atoms with Crippen LogP contribution in [0.5, 0.6) is 0 Å². The summed E-state index contributed by atoms with van der Waals surface area (Å²) in [5, 5.41) is 3.57. The van der Waals surface area contributed by atoms with Crippen molar-refractivity contribution in [3.05, 3.63) is 53.2 Å². The van der Waals surface area contributed by atoms with Crippen molar-refractivity contribution in [2.24, 2.45) is 0 Å². The summed E-state index contributed by atoms with van der Waals surface area (Å²) in [6.07, 6.45) is 2.64. The summed E-state index contributed by atoms with van der Waals surface area (Å²) in [5.41, 5.74) is 4.85. The molecule has 3 rings (SSSR count). The number of aromatic nitrogens is 1. The van der Waals surface area contributed by atoms with E-state index in [-0.39, 0.29) is 0 Å². The third-order valence-electron chi connectivity index (χ3n) is 3.99. The zero-order chi connectivity index (χ0) is 14.8. The van der Waals surface area contributed by atoms with Crippen molar-refractivity contribution in [3.8, 4) is 0 Å². The molecule has 1 heterocycles. The van der Waals surface area contributed by atoms with Gasteiger partial charge in [-0.05, 0) is 56.0 Å². The molecule has 0 radical (unpaired) electrons. The summed E-state index contributed by atoms with van der Waals surface area (Å²) in [5.74, 6) is 1.01. The fourth-order valence-electron chi connectivity index (χ4n) is 2.61. The Morgan fingerprint density at radius 3 is 2.67 bits per heavy atom. The fraction of sp³-hybridized carbons (Fsp3) is 0.389. The van der Waals surface area contributed by atoms with Gasteiger partial charge >= 0.3 is 0 Å². The third kappa shape index (κ3) is 3.42. The van der Waals surface area contributed by atoms with Crippen LogP contribution < -0.4 is 10.2 Å². The van der Waals surface area contributed by atoms with E-state index >= 15 is 0 Å². The lowest BCUT2D eigenvalue weighted by Crippen LogP contribution is -2.17. The summed E-state index contributed by atoms with van der Waals surface area (Å²) in [6.45, 7) is 5.13. The summed E-state index contributed by atoms with van der Waals surface area (Å²) in [6, 6.07) is 13.5. The lowest BCUT2D eigenvalue weighted by Gasteiger charge is -2.21. The van der Waals surface area contributed by atoms with Crippen LogP contribution in [0.15, 0.2) is 36.4 Å². The minimum atomic E-state index is 0.732. The zero-order valence-electron chi connectivity index (χ0n) is 13.1. The number of hydrogen-bond acceptors (Lipinski definition) is 3. The summed E-state index contributed by atoms with van der Waals surface area (Å²) in [4.78, 5) is 6.86. The van der Waals surface area contributed by atoms with E-state index in [1.165, 1.54) is 29.7 Å². The van der Waals surface area contributed by atoms with Gasteiger partial charge < -0.3 is 10.2 Å². The molecule has 3 heteroatoms. The summed E-state index contributed by atoms with van der Waals surface area (Å²) in [7, 11) is 2.09. The van der Waals surface area contributed by atoms with Gasteiger partial charge in [0.05, 0.1) is 0 Å². The van der Waals surface area contributed by atoms with Crippen molar-refractivity contribution in [3.63, 3.8) is 0 Å². The van der Waals surface area contributed by atoms with E-state index in [2.05, 4.69) is 67.5 Å². The second kappa shape index (κ2) is 5.86. The van der Waals surface area contributed by atoms with Crippen molar-refractivity contribution in [1.29, 1.82) is 0 Å². The quantitative estimate of drug-likeness (QED) is 0.905. The van der Waals surface area contributed by atoms with E-state index in [0.29, 0.717) is 0 Å². The second-order valence-corrected chi connectivity index (χ2v) is 5.98. The van der Waals surface area contributed by atoms with Gasteiger partial charge in [0.2, 0.25) is 0 Å². The van der Waals surface area contributed by atoms with Crippen LogP contribution in [0.3, 0.4) is 0 Å². The van der Waals surface area contributed by atoms with Crippen molar-refractivity contribution >= 4 is 11.5 Å². The molecular formula is C18H23N3. The number of para-hydroxylation sites is 1. The lowest BCUT2D eigenvalue weighted by atomic mass is 10.1. The van der Waals surface area contributed by atoms with Gasteiger partial charge in [-0.1, -0.05) is 18.2 Å². The molecule has 0 bridgehead atoms. The zero-order valence-corrected chi connectivity index (χ0v) is 13.1. The first-order chi connectivity index (χ1) is 10.1. The van der Waals surface area contributed by atoms with Gasteiger partial charge in [0.25, 0.3) is 0 Å². The monoisotopic (exact) mass is 281 g/mol. The maximum Gasteiger partial charge on any atom is 0.133 e. The van der Waals surface area contributed by atoms with Crippen LogP contribution in [0.25, 0.3) is 0 Å². The van der Waals surface area contributed by atoms with E-state index in [1.54, 1.807) is 0 Å². The first-order valence-corrected chi connectivity index (χ1v) is 7.64. The molecule has 1 aliphatic carbocycles. The van der Waals surface area contributed by atoms with Crippen molar-refractivity contribution < 1.29 is 0 Å². The van der Waals surface area contributed by atoms with E-state index in [4.69, 9.17) is 4.98 Å². The average Bonchev–Trinajstić information content (AvgIpc) is 3.28. The molecule has 110 valence electrons.